The molecule has 0 aliphatic carbocycles. The van der Waals surface area contributed by atoms with E-state index in [1.54, 1.807) is 0 Å². The minimum absolute atomic E-state index is 0.124. The summed E-state index contributed by atoms with van der Waals surface area (Å²) in [6.45, 7) is 3.76. The molecule has 1 rings (SSSR count). The van der Waals surface area contributed by atoms with Crippen LogP contribution in [0.4, 0.5) is 8.78 Å². The van der Waals surface area contributed by atoms with Crippen molar-refractivity contribution in [1.82, 2.24) is 5.32 Å². The molecule has 1 heterocycles. The van der Waals surface area contributed by atoms with Crippen LogP contribution in [0.5, 0.6) is 0 Å². The molecule has 2 atom stereocenters. The summed E-state index contributed by atoms with van der Waals surface area (Å²) in [5.41, 5.74) is -2.31. The molecule has 1 fully saturated rings. The third-order valence-electron chi connectivity index (χ3n) is 3.46. The van der Waals surface area contributed by atoms with Crippen molar-refractivity contribution in [2.45, 2.75) is 44.6 Å². The van der Waals surface area contributed by atoms with Crippen molar-refractivity contribution < 1.29 is 23.4 Å². The van der Waals surface area contributed by atoms with E-state index in [1.807, 2.05) is 6.92 Å². The zero-order chi connectivity index (χ0) is 13.8. The lowest BCUT2D eigenvalue weighted by molar-refractivity contribution is -0.233. The van der Waals surface area contributed by atoms with Gasteiger partial charge < -0.3 is 15.2 Å². The Morgan fingerprint density at radius 1 is 1.56 bits per heavy atom. The standard InChI is InChI=1S/C12H21F2NO3/c1-3-5-9-8-15-7-6-11(9,17)12(13,14)10(16)18-4-2/h9,15,17H,3-8H2,1-2H3. The van der Waals surface area contributed by atoms with Gasteiger partial charge in [0, 0.05) is 12.5 Å². The predicted octanol–water partition coefficient (Wildman–Crippen LogP) is 1.33. The monoisotopic (exact) mass is 265 g/mol. The second-order valence-corrected chi connectivity index (χ2v) is 4.66. The molecule has 1 aliphatic heterocycles. The number of hydrogen-bond acceptors (Lipinski definition) is 4. The van der Waals surface area contributed by atoms with Gasteiger partial charge in [0.1, 0.15) is 5.60 Å². The number of carbonyl (C=O) groups excluding carboxylic acids is 1. The van der Waals surface area contributed by atoms with Gasteiger partial charge in [0.15, 0.2) is 0 Å². The molecule has 18 heavy (non-hydrogen) atoms. The molecule has 0 amide bonds. The number of aliphatic hydroxyl groups is 1. The summed E-state index contributed by atoms with van der Waals surface area (Å²) < 4.78 is 32.6. The maximum atomic E-state index is 14.1. The van der Waals surface area contributed by atoms with E-state index in [9.17, 15) is 18.7 Å². The molecular weight excluding hydrogens is 244 g/mol. The summed E-state index contributed by atoms with van der Waals surface area (Å²) in [7, 11) is 0. The number of hydrogen-bond donors (Lipinski definition) is 2. The number of nitrogens with one attached hydrogen (secondary N) is 1. The van der Waals surface area contributed by atoms with Gasteiger partial charge in [-0.05, 0) is 26.3 Å². The maximum Gasteiger partial charge on any atom is 0.380 e. The Morgan fingerprint density at radius 3 is 2.78 bits per heavy atom. The molecule has 6 heteroatoms. The van der Waals surface area contributed by atoms with E-state index in [4.69, 9.17) is 0 Å². The summed E-state index contributed by atoms with van der Waals surface area (Å²) >= 11 is 0. The van der Waals surface area contributed by atoms with Crippen LogP contribution in [0.15, 0.2) is 0 Å². The minimum atomic E-state index is -3.86. The van der Waals surface area contributed by atoms with E-state index in [-0.39, 0.29) is 19.6 Å². The van der Waals surface area contributed by atoms with Crippen molar-refractivity contribution in [3.63, 3.8) is 0 Å². The zero-order valence-electron chi connectivity index (χ0n) is 10.8. The molecule has 0 saturated carbocycles. The fourth-order valence-corrected chi connectivity index (χ4v) is 2.43. The van der Waals surface area contributed by atoms with Crippen molar-refractivity contribution in [2.75, 3.05) is 19.7 Å². The number of carbonyl (C=O) groups is 1. The quantitative estimate of drug-likeness (QED) is 0.736. The summed E-state index contributed by atoms with van der Waals surface area (Å²) in [5.74, 6) is -6.13. The van der Waals surface area contributed by atoms with Crippen LogP contribution in [0.25, 0.3) is 0 Å². The van der Waals surface area contributed by atoms with E-state index in [2.05, 4.69) is 10.1 Å². The van der Waals surface area contributed by atoms with E-state index in [1.165, 1.54) is 6.92 Å². The Labute approximate surface area is 106 Å². The Morgan fingerprint density at radius 2 is 2.22 bits per heavy atom. The second kappa shape index (κ2) is 5.93. The topological polar surface area (TPSA) is 58.6 Å². The summed E-state index contributed by atoms with van der Waals surface area (Å²) in [4.78, 5) is 11.4. The number of piperidine rings is 1. The van der Waals surface area contributed by atoms with E-state index >= 15 is 0 Å². The van der Waals surface area contributed by atoms with Crippen LogP contribution in [0.1, 0.15) is 33.1 Å². The van der Waals surface area contributed by atoms with Crippen molar-refractivity contribution >= 4 is 5.97 Å². The molecule has 4 nitrogen and oxygen atoms in total. The first kappa shape index (κ1) is 15.3. The first-order valence-electron chi connectivity index (χ1n) is 6.38. The van der Waals surface area contributed by atoms with Crippen molar-refractivity contribution in [3.05, 3.63) is 0 Å². The average Bonchev–Trinajstić information content (AvgIpc) is 2.32. The largest absolute Gasteiger partial charge is 0.461 e. The van der Waals surface area contributed by atoms with Gasteiger partial charge >= 0.3 is 11.9 Å². The van der Waals surface area contributed by atoms with Crippen LogP contribution >= 0.6 is 0 Å². The van der Waals surface area contributed by atoms with E-state index < -0.39 is 23.4 Å². The van der Waals surface area contributed by atoms with Crippen LogP contribution in [0, 0.1) is 5.92 Å². The van der Waals surface area contributed by atoms with E-state index in [0.717, 1.165) is 0 Å². The molecule has 106 valence electrons. The lowest BCUT2D eigenvalue weighted by atomic mass is 9.74. The number of esters is 1. The third-order valence-corrected chi connectivity index (χ3v) is 3.46. The molecule has 2 unspecified atom stereocenters. The van der Waals surface area contributed by atoms with Gasteiger partial charge in [0.25, 0.3) is 0 Å². The smallest absolute Gasteiger partial charge is 0.380 e. The van der Waals surface area contributed by atoms with Crippen molar-refractivity contribution in [1.29, 1.82) is 0 Å². The average molecular weight is 265 g/mol. The number of ether oxygens (including phenoxy) is 1. The number of halogens is 2. The predicted molar refractivity (Wildman–Crippen MR) is 62.4 cm³/mol. The highest BCUT2D eigenvalue weighted by molar-refractivity contribution is 5.79. The van der Waals surface area contributed by atoms with Crippen molar-refractivity contribution in [2.24, 2.45) is 5.92 Å². The van der Waals surface area contributed by atoms with Crippen LogP contribution in [-0.2, 0) is 9.53 Å². The van der Waals surface area contributed by atoms with Gasteiger partial charge in [-0.25, -0.2) is 4.79 Å². The zero-order valence-corrected chi connectivity index (χ0v) is 10.8. The Kier molecular flexibility index (Phi) is 5.04. The maximum absolute atomic E-state index is 14.1. The summed E-state index contributed by atoms with van der Waals surface area (Å²) in [6, 6.07) is 0. The second-order valence-electron chi connectivity index (χ2n) is 4.66. The highest BCUT2D eigenvalue weighted by Gasteiger charge is 2.63. The molecule has 0 aromatic heterocycles. The molecule has 0 aromatic rings. The van der Waals surface area contributed by atoms with Gasteiger partial charge in [-0.2, -0.15) is 8.78 Å². The Bertz CT molecular complexity index is 297. The third kappa shape index (κ3) is 2.64. The molecule has 1 aliphatic rings. The normalized spacial score (nSPS) is 29.1. The SMILES string of the molecule is CCCC1CNCCC1(O)C(F)(F)C(=O)OCC. The fourth-order valence-electron chi connectivity index (χ4n) is 2.43. The van der Waals surface area contributed by atoms with Gasteiger partial charge in [0.05, 0.1) is 6.61 Å². The molecule has 1 saturated heterocycles. The Hall–Kier alpha value is -0.750. The van der Waals surface area contributed by atoms with Gasteiger partial charge in [-0.1, -0.05) is 13.3 Å². The minimum Gasteiger partial charge on any atom is -0.461 e. The highest BCUT2D eigenvalue weighted by atomic mass is 19.3. The molecular formula is C12H21F2NO3. The summed E-state index contributed by atoms with van der Waals surface area (Å²) in [5, 5.41) is 13.3. The summed E-state index contributed by atoms with van der Waals surface area (Å²) in [6.07, 6.45) is 0.968. The molecule has 0 bridgehead atoms. The van der Waals surface area contributed by atoms with Crippen LogP contribution < -0.4 is 5.32 Å². The van der Waals surface area contributed by atoms with Crippen LogP contribution in [0.2, 0.25) is 0 Å². The van der Waals surface area contributed by atoms with E-state index in [0.29, 0.717) is 19.4 Å². The van der Waals surface area contributed by atoms with Crippen LogP contribution in [-0.4, -0.2) is 42.3 Å². The lowest BCUT2D eigenvalue weighted by Gasteiger charge is -2.43. The number of rotatable bonds is 5. The fraction of sp³-hybridized carbons (Fsp3) is 0.917. The van der Waals surface area contributed by atoms with Gasteiger partial charge in [-0.15, -0.1) is 0 Å². The first-order valence-corrected chi connectivity index (χ1v) is 6.38. The molecule has 2 N–H and O–H groups in total. The number of alkyl halides is 2. The highest BCUT2D eigenvalue weighted by Crippen LogP contribution is 2.41. The molecule has 0 spiro atoms. The van der Waals surface area contributed by atoms with Crippen LogP contribution in [0.3, 0.4) is 0 Å². The molecule has 0 aromatic carbocycles. The first-order chi connectivity index (χ1) is 8.40. The van der Waals surface area contributed by atoms with Gasteiger partial charge in [-0.3, -0.25) is 0 Å². The molecule has 0 radical (unpaired) electrons. The van der Waals surface area contributed by atoms with Gasteiger partial charge in [0.2, 0.25) is 0 Å². The lowest BCUT2D eigenvalue weighted by Crippen LogP contribution is -2.63. The van der Waals surface area contributed by atoms with Crippen molar-refractivity contribution in [3.8, 4) is 0 Å². The Balaban J connectivity index is 2.95.